The molecule has 2 N–H and O–H groups in total. The van der Waals surface area contributed by atoms with Crippen LogP contribution in [0.4, 0.5) is 0 Å². The molecule has 2 aromatic heterocycles. The topological polar surface area (TPSA) is 93.2 Å². The fourth-order valence-corrected chi connectivity index (χ4v) is 5.89. The molecule has 3 aromatic rings. The molecule has 2 unspecified atom stereocenters. The average molecular weight is 577 g/mol. The summed E-state index contributed by atoms with van der Waals surface area (Å²) in [5, 5.41) is 1.83. The first-order chi connectivity index (χ1) is 19.3. The van der Waals surface area contributed by atoms with E-state index in [2.05, 4.69) is 9.97 Å². The maximum absolute atomic E-state index is 7.74. The van der Waals surface area contributed by atoms with Crippen LogP contribution in [0.15, 0.2) is 76.4 Å². The van der Waals surface area contributed by atoms with Gasteiger partial charge in [-0.1, -0.05) is 11.6 Å². The van der Waals surface area contributed by atoms with Crippen LogP contribution in [0.3, 0.4) is 0 Å². The number of benzene rings is 1. The highest BCUT2D eigenvalue weighted by molar-refractivity contribution is 6.38. The van der Waals surface area contributed by atoms with Gasteiger partial charge in [0.25, 0.3) is 0 Å². The highest BCUT2D eigenvalue weighted by atomic mass is 35.5. The number of aromatic nitrogens is 2. The molecule has 6 rings (SSSR count). The number of hydrogen-bond acceptors (Lipinski definition) is 6. The number of alkyl halides is 2. The molecule has 40 heavy (non-hydrogen) atoms. The fourth-order valence-electron chi connectivity index (χ4n) is 5.17. The van der Waals surface area contributed by atoms with Crippen LogP contribution in [-0.2, 0) is 4.87 Å². The zero-order valence-corrected chi connectivity index (χ0v) is 23.7. The Balaban J connectivity index is 1.67. The van der Waals surface area contributed by atoms with Crippen LogP contribution in [0.2, 0.25) is 0 Å². The standard InChI is InChI=1S/C30H26Cl2N4O4/c1-37-24-16-23(26(38-2)28(40-4)27(24)39-3)30(32)25-10-9-21(35-25)14-19-6-5-17(33-19)13-18-7-8-20(34-18)15-22-11-12-29(30,31)36-22/h5-16,33,35H,1-4H3. The van der Waals surface area contributed by atoms with Crippen molar-refractivity contribution >= 4 is 46.8 Å². The molecule has 0 spiro atoms. The minimum atomic E-state index is -1.53. The molecule has 0 fully saturated rings. The molecular formula is C30H26Cl2N4O4. The Kier molecular flexibility index (Phi) is 6.40. The molecule has 8 bridgehead atoms. The first-order valence-electron chi connectivity index (χ1n) is 12.4. The van der Waals surface area contributed by atoms with Gasteiger partial charge >= 0.3 is 0 Å². The molecular weight excluding hydrogens is 551 g/mol. The van der Waals surface area contributed by atoms with Crippen LogP contribution in [0.5, 0.6) is 23.0 Å². The van der Waals surface area contributed by atoms with Crippen molar-refractivity contribution in [2.45, 2.75) is 9.87 Å². The van der Waals surface area contributed by atoms with Crippen molar-refractivity contribution in [2.75, 3.05) is 28.4 Å². The molecule has 5 heterocycles. The summed E-state index contributed by atoms with van der Waals surface area (Å²) >= 11 is 15.2. The van der Waals surface area contributed by atoms with E-state index in [4.69, 9.17) is 52.1 Å². The summed E-state index contributed by atoms with van der Waals surface area (Å²) in [6.07, 6.45) is 13.3. The quantitative estimate of drug-likeness (QED) is 0.349. The third-order valence-corrected chi connectivity index (χ3v) is 8.30. The predicted octanol–water partition coefficient (Wildman–Crippen LogP) is 4.32. The van der Waals surface area contributed by atoms with Crippen molar-refractivity contribution in [3.63, 3.8) is 0 Å². The first-order valence-corrected chi connectivity index (χ1v) is 13.2. The van der Waals surface area contributed by atoms with Crippen LogP contribution in [0.1, 0.15) is 17.0 Å². The fraction of sp³-hybridized carbons (Fsp3) is 0.200. The van der Waals surface area contributed by atoms with E-state index in [0.717, 1.165) is 27.8 Å². The smallest absolute Gasteiger partial charge is 0.207 e. The summed E-state index contributed by atoms with van der Waals surface area (Å²) in [6.45, 7) is 0. The lowest BCUT2D eigenvalue weighted by Gasteiger charge is -2.38. The second kappa shape index (κ2) is 9.80. The van der Waals surface area contributed by atoms with E-state index in [9.17, 15) is 0 Å². The lowest BCUT2D eigenvalue weighted by molar-refractivity contribution is 0.301. The molecule has 0 radical (unpaired) electrons. The summed E-state index contributed by atoms with van der Waals surface area (Å²) in [5.74, 6) is 1.40. The SMILES string of the molecule is COc1cc(C2(Cl)c3ccc([nH]3)C=c3ccc([nH]3)=CC3=NC(=CC4=NC2(Cl)C=C4)C=C3)c(OC)c(OC)c1OC. The number of ether oxygens (including phenoxy) is 4. The normalized spacial score (nSPS) is 22.6. The third-order valence-electron chi connectivity index (χ3n) is 7.01. The van der Waals surface area contributed by atoms with Crippen LogP contribution in [0.25, 0.3) is 12.2 Å². The van der Waals surface area contributed by atoms with E-state index in [0.29, 0.717) is 40.0 Å². The van der Waals surface area contributed by atoms with Gasteiger partial charge in [0.1, 0.15) is 0 Å². The highest BCUT2D eigenvalue weighted by Crippen LogP contribution is 2.59. The molecule has 1 aromatic carbocycles. The Bertz CT molecular complexity index is 1800. The Morgan fingerprint density at radius 2 is 1.48 bits per heavy atom. The predicted molar refractivity (Wildman–Crippen MR) is 158 cm³/mol. The van der Waals surface area contributed by atoms with Crippen molar-refractivity contribution in [3.05, 3.63) is 94.1 Å². The monoisotopic (exact) mass is 576 g/mol. The summed E-state index contributed by atoms with van der Waals surface area (Å²) in [7, 11) is 6.11. The Morgan fingerprint density at radius 1 is 0.725 bits per heavy atom. The zero-order chi connectivity index (χ0) is 28.1. The number of nitrogens with zero attached hydrogens (tertiary/aromatic N) is 2. The van der Waals surface area contributed by atoms with E-state index in [1.807, 2.05) is 60.7 Å². The number of H-pyrrole nitrogens is 2. The molecule has 0 amide bonds. The van der Waals surface area contributed by atoms with E-state index in [1.165, 1.54) is 28.4 Å². The molecule has 204 valence electrons. The summed E-state index contributed by atoms with van der Waals surface area (Å²) in [4.78, 5) is 13.5. The molecule has 2 atom stereocenters. The first kappa shape index (κ1) is 26.1. The number of methoxy groups -OCH3 is 4. The minimum absolute atomic E-state index is 0.312. The number of nitrogens with one attached hydrogen (secondary N) is 2. The summed E-state index contributed by atoms with van der Waals surface area (Å²) < 4.78 is 22.9. The Morgan fingerprint density at radius 3 is 2.20 bits per heavy atom. The van der Waals surface area contributed by atoms with Crippen LogP contribution >= 0.6 is 23.2 Å². The molecule has 0 saturated heterocycles. The maximum Gasteiger partial charge on any atom is 0.207 e. The lowest BCUT2D eigenvalue weighted by Crippen LogP contribution is -2.41. The van der Waals surface area contributed by atoms with Gasteiger partial charge in [0.15, 0.2) is 21.4 Å². The van der Waals surface area contributed by atoms with Gasteiger partial charge in [-0.2, -0.15) is 0 Å². The third kappa shape index (κ3) is 4.06. The molecule has 0 aliphatic carbocycles. The largest absolute Gasteiger partial charge is 0.493 e. The Hall–Kier alpha value is -4.14. The summed E-state index contributed by atoms with van der Waals surface area (Å²) in [5.41, 5.74) is 4.03. The van der Waals surface area contributed by atoms with Gasteiger partial charge in [-0.3, -0.25) is 4.99 Å². The van der Waals surface area contributed by atoms with E-state index < -0.39 is 9.87 Å². The van der Waals surface area contributed by atoms with Crippen molar-refractivity contribution in [1.29, 1.82) is 0 Å². The van der Waals surface area contributed by atoms with E-state index in [1.54, 1.807) is 12.1 Å². The molecule has 8 nitrogen and oxygen atoms in total. The van der Waals surface area contributed by atoms with Gasteiger partial charge < -0.3 is 28.9 Å². The van der Waals surface area contributed by atoms with Gasteiger partial charge in [0.2, 0.25) is 11.5 Å². The number of rotatable bonds is 5. The molecule has 3 aliphatic rings. The minimum Gasteiger partial charge on any atom is -0.493 e. The van der Waals surface area contributed by atoms with Crippen LogP contribution in [0, 0.1) is 0 Å². The Labute approximate surface area is 240 Å². The van der Waals surface area contributed by atoms with Gasteiger partial charge in [0, 0.05) is 27.6 Å². The van der Waals surface area contributed by atoms with Crippen molar-refractivity contribution in [1.82, 2.24) is 9.97 Å². The van der Waals surface area contributed by atoms with Crippen molar-refractivity contribution in [3.8, 4) is 23.0 Å². The van der Waals surface area contributed by atoms with Crippen LogP contribution < -0.4 is 29.6 Å². The average Bonchev–Trinajstić information content (AvgIpc) is 3.76. The number of aromatic amines is 2. The number of fused-ring (bicyclic) bond motifs is 6. The number of hydrogen-bond donors (Lipinski definition) is 2. The number of halogens is 2. The molecule has 0 saturated carbocycles. The van der Waals surface area contributed by atoms with Crippen molar-refractivity contribution in [2.24, 2.45) is 9.98 Å². The second-order valence-corrected chi connectivity index (χ2v) is 10.5. The number of aliphatic imine (C=N–C) groups is 2. The zero-order valence-electron chi connectivity index (χ0n) is 22.2. The second-order valence-electron chi connectivity index (χ2n) is 9.35. The van der Waals surface area contributed by atoms with Gasteiger partial charge in [-0.05, 0) is 72.9 Å². The van der Waals surface area contributed by atoms with Gasteiger partial charge in [0.05, 0.1) is 45.6 Å². The van der Waals surface area contributed by atoms with E-state index in [-0.39, 0.29) is 0 Å². The van der Waals surface area contributed by atoms with Gasteiger partial charge in [-0.15, -0.1) is 11.6 Å². The molecule has 3 aliphatic heterocycles. The highest BCUT2D eigenvalue weighted by Gasteiger charge is 2.55. The maximum atomic E-state index is 7.74. The lowest BCUT2D eigenvalue weighted by atomic mass is 9.86. The summed E-state index contributed by atoms with van der Waals surface area (Å²) in [6, 6.07) is 9.55. The van der Waals surface area contributed by atoms with E-state index >= 15 is 0 Å². The number of allylic oxidation sites excluding steroid dienone is 4. The van der Waals surface area contributed by atoms with Gasteiger partial charge in [-0.25, -0.2) is 4.99 Å². The molecule has 10 heteroatoms. The van der Waals surface area contributed by atoms with Crippen molar-refractivity contribution < 1.29 is 18.9 Å². The van der Waals surface area contributed by atoms with Crippen LogP contribution in [-0.4, -0.2) is 54.8 Å².